The second kappa shape index (κ2) is 4.95. The zero-order valence-corrected chi connectivity index (χ0v) is 11.1. The molecule has 1 aliphatic rings. The van der Waals surface area contributed by atoms with Gasteiger partial charge in [-0.05, 0) is 19.8 Å². The Morgan fingerprint density at radius 3 is 2.55 bits per heavy atom. The third-order valence-corrected chi connectivity index (χ3v) is 3.36. The van der Waals surface area contributed by atoms with Crippen molar-refractivity contribution in [3.8, 4) is 0 Å². The first kappa shape index (κ1) is 14.0. The largest absolute Gasteiger partial charge is 0.480 e. The zero-order chi connectivity index (χ0) is 15.0. The molecule has 108 valence electrons. The van der Waals surface area contributed by atoms with Gasteiger partial charge >= 0.3 is 11.7 Å². The minimum absolute atomic E-state index is 0.162. The molecule has 1 fully saturated rings. The summed E-state index contributed by atoms with van der Waals surface area (Å²) in [6, 6.07) is -1.18. The van der Waals surface area contributed by atoms with Crippen LogP contribution in [0, 0.1) is 0 Å². The molecule has 0 aromatic carbocycles. The predicted molar refractivity (Wildman–Crippen MR) is 68.6 cm³/mol. The molecule has 0 saturated heterocycles. The summed E-state index contributed by atoms with van der Waals surface area (Å²) in [6.07, 6.45) is 2.47. The molecule has 1 aromatic heterocycles. The van der Waals surface area contributed by atoms with Gasteiger partial charge in [0.1, 0.15) is 11.6 Å². The Kier molecular flexibility index (Phi) is 3.47. The van der Waals surface area contributed by atoms with E-state index in [-0.39, 0.29) is 11.6 Å². The van der Waals surface area contributed by atoms with Crippen molar-refractivity contribution in [2.75, 3.05) is 0 Å². The van der Waals surface area contributed by atoms with Crippen molar-refractivity contribution < 1.29 is 14.7 Å². The van der Waals surface area contributed by atoms with E-state index in [0.717, 1.165) is 10.8 Å². The van der Waals surface area contributed by atoms with Crippen LogP contribution in [0.3, 0.4) is 0 Å². The summed E-state index contributed by atoms with van der Waals surface area (Å²) in [5.41, 5.74) is -1.59. The van der Waals surface area contributed by atoms with Crippen LogP contribution >= 0.6 is 0 Å². The highest BCUT2D eigenvalue weighted by molar-refractivity contribution is 5.96. The number of amides is 1. The monoisotopic (exact) mass is 281 g/mol. The number of hydrogen-bond acceptors (Lipinski definition) is 4. The van der Waals surface area contributed by atoms with E-state index in [1.165, 1.54) is 18.9 Å². The fourth-order valence-electron chi connectivity index (χ4n) is 1.99. The van der Waals surface area contributed by atoms with Crippen LogP contribution in [0.4, 0.5) is 0 Å². The number of aliphatic carboxylic acids is 1. The first-order chi connectivity index (χ1) is 9.34. The lowest BCUT2D eigenvalue weighted by Crippen LogP contribution is -2.47. The lowest BCUT2D eigenvalue weighted by molar-refractivity contribution is -0.141. The lowest BCUT2D eigenvalue weighted by Gasteiger charge is -2.26. The molecule has 20 heavy (non-hydrogen) atoms. The number of H-pyrrole nitrogens is 1. The van der Waals surface area contributed by atoms with E-state index in [0.29, 0.717) is 12.8 Å². The molecule has 0 spiro atoms. The van der Waals surface area contributed by atoms with E-state index in [2.05, 4.69) is 4.98 Å². The van der Waals surface area contributed by atoms with E-state index >= 15 is 0 Å². The third-order valence-electron chi connectivity index (χ3n) is 3.36. The van der Waals surface area contributed by atoms with Crippen molar-refractivity contribution in [1.82, 2.24) is 14.5 Å². The number of nitrogens with one attached hydrogen (secondary N) is 1. The highest BCUT2D eigenvalue weighted by Crippen LogP contribution is 2.29. The highest BCUT2D eigenvalue weighted by atomic mass is 16.4. The Labute approximate surface area is 113 Å². The van der Waals surface area contributed by atoms with Crippen molar-refractivity contribution in [2.45, 2.75) is 31.8 Å². The molecule has 0 bridgehead atoms. The van der Waals surface area contributed by atoms with Gasteiger partial charge in [-0.25, -0.2) is 9.59 Å². The molecule has 1 heterocycles. The van der Waals surface area contributed by atoms with Gasteiger partial charge in [-0.3, -0.25) is 14.2 Å². The molecule has 8 heteroatoms. The summed E-state index contributed by atoms with van der Waals surface area (Å²) in [5, 5.41) is 9.06. The molecule has 2 N–H and O–H groups in total. The summed E-state index contributed by atoms with van der Waals surface area (Å²) in [5.74, 6) is -1.80. The van der Waals surface area contributed by atoms with Crippen molar-refractivity contribution in [2.24, 2.45) is 7.05 Å². The second-order valence-electron chi connectivity index (χ2n) is 4.83. The van der Waals surface area contributed by atoms with Crippen LogP contribution in [0.25, 0.3) is 0 Å². The van der Waals surface area contributed by atoms with Crippen molar-refractivity contribution in [1.29, 1.82) is 0 Å². The smallest absolute Gasteiger partial charge is 0.328 e. The minimum Gasteiger partial charge on any atom is -0.480 e. The zero-order valence-electron chi connectivity index (χ0n) is 11.1. The van der Waals surface area contributed by atoms with Gasteiger partial charge < -0.3 is 15.0 Å². The summed E-state index contributed by atoms with van der Waals surface area (Å²) in [4.78, 5) is 50.1. The number of nitrogens with zero attached hydrogens (tertiary/aromatic N) is 2. The molecule has 1 aliphatic carbocycles. The summed E-state index contributed by atoms with van der Waals surface area (Å²) < 4.78 is 0.781. The second-order valence-corrected chi connectivity index (χ2v) is 4.83. The van der Waals surface area contributed by atoms with Gasteiger partial charge in [-0.2, -0.15) is 0 Å². The Morgan fingerprint density at radius 1 is 1.45 bits per heavy atom. The molecule has 1 atom stereocenters. The Hall–Kier alpha value is -2.38. The molecule has 0 unspecified atom stereocenters. The fourth-order valence-corrected chi connectivity index (χ4v) is 1.99. The first-order valence-corrected chi connectivity index (χ1v) is 6.18. The predicted octanol–water partition coefficient (Wildman–Crippen LogP) is -0.849. The van der Waals surface area contributed by atoms with Crippen LogP contribution in [-0.4, -0.2) is 43.5 Å². The lowest BCUT2D eigenvalue weighted by atomic mass is 10.2. The topological polar surface area (TPSA) is 112 Å². The molecule has 1 saturated carbocycles. The SMILES string of the molecule is C[C@H](C(=O)O)N(C(=O)c1c[nH]c(=O)n(C)c1=O)C1CC1. The molecule has 1 amide bonds. The van der Waals surface area contributed by atoms with Crippen LogP contribution in [-0.2, 0) is 11.8 Å². The van der Waals surface area contributed by atoms with Crippen molar-refractivity contribution >= 4 is 11.9 Å². The van der Waals surface area contributed by atoms with E-state index in [9.17, 15) is 19.2 Å². The number of rotatable bonds is 4. The minimum atomic E-state index is -1.13. The van der Waals surface area contributed by atoms with Gasteiger partial charge in [0.25, 0.3) is 11.5 Å². The number of hydrogen-bond donors (Lipinski definition) is 2. The standard InChI is InChI=1S/C12H15N3O5/c1-6(11(18)19)15(7-3-4-7)10(17)8-5-13-12(20)14(2)9(8)16/h5-7H,3-4H2,1-2H3,(H,13,20)(H,18,19)/t6-/m1/s1. The summed E-state index contributed by atoms with van der Waals surface area (Å²) in [6.45, 7) is 1.40. The Balaban J connectivity index is 2.43. The van der Waals surface area contributed by atoms with Crippen LogP contribution in [0.1, 0.15) is 30.1 Å². The molecular weight excluding hydrogens is 266 g/mol. The normalized spacial score (nSPS) is 15.7. The van der Waals surface area contributed by atoms with Gasteiger partial charge in [0.15, 0.2) is 0 Å². The van der Waals surface area contributed by atoms with Crippen LogP contribution in [0.15, 0.2) is 15.8 Å². The van der Waals surface area contributed by atoms with Crippen LogP contribution < -0.4 is 11.2 Å². The average Bonchev–Trinajstić information content (AvgIpc) is 3.20. The van der Waals surface area contributed by atoms with Crippen molar-refractivity contribution in [3.05, 3.63) is 32.6 Å². The number of aromatic amines is 1. The summed E-state index contributed by atoms with van der Waals surface area (Å²) in [7, 11) is 1.25. The molecule has 1 aromatic rings. The van der Waals surface area contributed by atoms with E-state index < -0.39 is 29.2 Å². The van der Waals surface area contributed by atoms with Gasteiger partial charge in [0.05, 0.1) is 0 Å². The van der Waals surface area contributed by atoms with Crippen LogP contribution in [0.5, 0.6) is 0 Å². The number of aromatic nitrogens is 2. The molecular formula is C12H15N3O5. The Bertz CT molecular complexity index is 670. The number of carbonyl (C=O) groups is 2. The molecule has 8 nitrogen and oxygen atoms in total. The maximum Gasteiger partial charge on any atom is 0.328 e. The van der Waals surface area contributed by atoms with Gasteiger partial charge in [0, 0.05) is 19.3 Å². The quantitative estimate of drug-likeness (QED) is 0.746. The van der Waals surface area contributed by atoms with Crippen molar-refractivity contribution in [3.63, 3.8) is 0 Å². The van der Waals surface area contributed by atoms with E-state index in [1.807, 2.05) is 0 Å². The van der Waals surface area contributed by atoms with Crippen LogP contribution in [0.2, 0.25) is 0 Å². The molecule has 2 rings (SSSR count). The number of carboxylic acid groups (broad SMARTS) is 1. The number of carboxylic acids is 1. The first-order valence-electron chi connectivity index (χ1n) is 6.18. The highest BCUT2D eigenvalue weighted by Gasteiger charge is 2.39. The maximum absolute atomic E-state index is 12.4. The number of carbonyl (C=O) groups excluding carboxylic acids is 1. The molecule has 0 radical (unpaired) electrons. The third kappa shape index (κ3) is 2.36. The van der Waals surface area contributed by atoms with E-state index in [1.54, 1.807) is 0 Å². The van der Waals surface area contributed by atoms with Gasteiger partial charge in [0.2, 0.25) is 0 Å². The molecule has 0 aliphatic heterocycles. The summed E-state index contributed by atoms with van der Waals surface area (Å²) >= 11 is 0. The van der Waals surface area contributed by atoms with E-state index in [4.69, 9.17) is 5.11 Å². The average molecular weight is 281 g/mol. The van der Waals surface area contributed by atoms with Gasteiger partial charge in [-0.1, -0.05) is 0 Å². The maximum atomic E-state index is 12.4. The fraction of sp³-hybridized carbons (Fsp3) is 0.500. The Morgan fingerprint density at radius 2 is 2.05 bits per heavy atom. The van der Waals surface area contributed by atoms with Gasteiger partial charge in [-0.15, -0.1) is 0 Å².